The van der Waals surface area contributed by atoms with E-state index in [1.165, 1.54) is 12.1 Å². The number of hydrogen-bond acceptors (Lipinski definition) is 2. The van der Waals surface area contributed by atoms with Gasteiger partial charge < -0.3 is 5.11 Å². The Labute approximate surface area is 112 Å². The van der Waals surface area contributed by atoms with Crippen molar-refractivity contribution in [1.82, 2.24) is 0 Å². The van der Waals surface area contributed by atoms with Gasteiger partial charge in [0, 0.05) is 15.6 Å². The molecule has 0 unspecified atom stereocenters. The first kappa shape index (κ1) is 12.1. The minimum absolute atomic E-state index is 0.0287. The number of benzene rings is 2. The average molecular weight is 312 g/mol. The van der Waals surface area contributed by atoms with E-state index in [0.29, 0.717) is 11.1 Å². The van der Waals surface area contributed by atoms with E-state index in [2.05, 4.69) is 15.9 Å². The molecule has 0 heterocycles. The lowest BCUT2D eigenvalue weighted by Crippen LogP contribution is -2.00. The van der Waals surface area contributed by atoms with E-state index in [4.69, 9.17) is 11.6 Å². The molecule has 0 aliphatic heterocycles. The van der Waals surface area contributed by atoms with Crippen molar-refractivity contribution < 1.29 is 9.90 Å². The molecule has 2 rings (SSSR count). The van der Waals surface area contributed by atoms with E-state index in [0.717, 1.165) is 4.47 Å². The van der Waals surface area contributed by atoms with Gasteiger partial charge in [0.15, 0.2) is 5.78 Å². The molecule has 0 aromatic heterocycles. The van der Waals surface area contributed by atoms with Crippen molar-refractivity contribution in [2.45, 2.75) is 0 Å². The number of phenols is 1. The molecule has 2 aromatic rings. The van der Waals surface area contributed by atoms with Crippen molar-refractivity contribution in [3.8, 4) is 5.75 Å². The standard InChI is InChI=1S/C13H8BrClO2/c14-10-4-1-8(2-5-10)13(17)9-3-6-12(16)11(15)7-9/h1-7,16H. The normalized spacial score (nSPS) is 10.2. The molecule has 0 spiro atoms. The second kappa shape index (κ2) is 4.90. The monoisotopic (exact) mass is 310 g/mol. The Hall–Kier alpha value is -1.32. The van der Waals surface area contributed by atoms with Crippen LogP contribution in [0.15, 0.2) is 46.9 Å². The molecule has 0 aliphatic rings. The van der Waals surface area contributed by atoms with Crippen LogP contribution in [0.5, 0.6) is 5.75 Å². The molecule has 0 saturated carbocycles. The van der Waals surface area contributed by atoms with Crippen molar-refractivity contribution >= 4 is 33.3 Å². The van der Waals surface area contributed by atoms with Crippen molar-refractivity contribution in [2.24, 2.45) is 0 Å². The van der Waals surface area contributed by atoms with Gasteiger partial charge >= 0.3 is 0 Å². The molecule has 2 nitrogen and oxygen atoms in total. The van der Waals surface area contributed by atoms with Crippen LogP contribution in [0, 0.1) is 0 Å². The largest absolute Gasteiger partial charge is 0.506 e. The number of hydrogen-bond donors (Lipinski definition) is 1. The maximum Gasteiger partial charge on any atom is 0.193 e. The third kappa shape index (κ3) is 2.68. The van der Waals surface area contributed by atoms with Crippen LogP contribution in [0.1, 0.15) is 15.9 Å². The van der Waals surface area contributed by atoms with Gasteiger partial charge in [0.1, 0.15) is 5.75 Å². The molecule has 0 atom stereocenters. The fourth-order valence-electron chi connectivity index (χ4n) is 1.42. The number of carbonyl (C=O) groups is 1. The molecule has 4 heteroatoms. The lowest BCUT2D eigenvalue weighted by molar-refractivity contribution is 0.103. The van der Waals surface area contributed by atoms with Crippen LogP contribution in [0.25, 0.3) is 0 Å². The summed E-state index contributed by atoms with van der Waals surface area (Å²) in [7, 11) is 0. The van der Waals surface area contributed by atoms with Crippen LogP contribution in [0.2, 0.25) is 5.02 Å². The predicted molar refractivity (Wildman–Crippen MR) is 70.7 cm³/mol. The summed E-state index contributed by atoms with van der Waals surface area (Å²) in [6, 6.07) is 11.5. The summed E-state index contributed by atoms with van der Waals surface area (Å²) in [6.45, 7) is 0. The Bertz CT molecular complexity index is 564. The summed E-state index contributed by atoms with van der Waals surface area (Å²) in [5.41, 5.74) is 1.03. The topological polar surface area (TPSA) is 37.3 Å². The molecule has 0 bridgehead atoms. The number of carbonyl (C=O) groups excluding carboxylic acids is 1. The number of aromatic hydroxyl groups is 1. The molecule has 0 radical (unpaired) electrons. The highest BCUT2D eigenvalue weighted by molar-refractivity contribution is 9.10. The number of phenolic OH excluding ortho intramolecular Hbond substituents is 1. The van der Waals surface area contributed by atoms with Gasteiger partial charge in [0.25, 0.3) is 0 Å². The molecule has 2 aromatic carbocycles. The third-order valence-corrected chi connectivity index (χ3v) is 3.15. The van der Waals surface area contributed by atoms with Gasteiger partial charge in [-0.15, -0.1) is 0 Å². The summed E-state index contributed by atoms with van der Waals surface area (Å²) >= 11 is 9.07. The highest BCUT2D eigenvalue weighted by Crippen LogP contribution is 2.25. The van der Waals surface area contributed by atoms with E-state index in [9.17, 15) is 9.90 Å². The van der Waals surface area contributed by atoms with Gasteiger partial charge in [-0.2, -0.15) is 0 Å². The van der Waals surface area contributed by atoms with Gasteiger partial charge in [-0.25, -0.2) is 0 Å². The van der Waals surface area contributed by atoms with Gasteiger partial charge in [0.2, 0.25) is 0 Å². The maximum absolute atomic E-state index is 12.1. The van der Waals surface area contributed by atoms with E-state index >= 15 is 0 Å². The average Bonchev–Trinajstić information content (AvgIpc) is 2.33. The lowest BCUT2D eigenvalue weighted by atomic mass is 10.0. The van der Waals surface area contributed by atoms with Gasteiger partial charge in [-0.3, -0.25) is 4.79 Å². The van der Waals surface area contributed by atoms with E-state index in [1.807, 2.05) is 0 Å². The molecule has 0 amide bonds. The summed E-state index contributed by atoms with van der Waals surface area (Å²) in [6.07, 6.45) is 0. The van der Waals surface area contributed by atoms with Crippen molar-refractivity contribution in [3.63, 3.8) is 0 Å². The van der Waals surface area contributed by atoms with Crippen LogP contribution >= 0.6 is 27.5 Å². The Balaban J connectivity index is 2.37. The molecule has 0 saturated heterocycles. The minimum Gasteiger partial charge on any atom is -0.506 e. The van der Waals surface area contributed by atoms with Crippen molar-refractivity contribution in [1.29, 1.82) is 0 Å². The van der Waals surface area contributed by atoms with E-state index < -0.39 is 0 Å². The molecule has 17 heavy (non-hydrogen) atoms. The first-order chi connectivity index (χ1) is 8.08. The fraction of sp³-hybridized carbons (Fsp3) is 0. The number of rotatable bonds is 2. The Morgan fingerprint density at radius 2 is 1.65 bits per heavy atom. The summed E-state index contributed by atoms with van der Waals surface area (Å²) in [5, 5.41) is 9.46. The highest BCUT2D eigenvalue weighted by Gasteiger charge is 2.10. The zero-order valence-electron chi connectivity index (χ0n) is 8.65. The van der Waals surface area contributed by atoms with E-state index in [-0.39, 0.29) is 16.6 Å². The molecule has 0 aliphatic carbocycles. The summed E-state index contributed by atoms with van der Waals surface area (Å²) < 4.78 is 0.915. The predicted octanol–water partition coefficient (Wildman–Crippen LogP) is 4.04. The smallest absolute Gasteiger partial charge is 0.193 e. The molecule has 0 fully saturated rings. The molecular weight excluding hydrogens is 303 g/mol. The summed E-state index contributed by atoms with van der Waals surface area (Å²) in [5.74, 6) is -0.154. The highest BCUT2D eigenvalue weighted by atomic mass is 79.9. The first-order valence-corrected chi connectivity index (χ1v) is 6.04. The second-order valence-electron chi connectivity index (χ2n) is 3.50. The molecular formula is C13H8BrClO2. The van der Waals surface area contributed by atoms with Gasteiger partial charge in [-0.05, 0) is 42.5 Å². The zero-order valence-corrected chi connectivity index (χ0v) is 11.0. The zero-order chi connectivity index (χ0) is 12.4. The van der Waals surface area contributed by atoms with Crippen LogP contribution in [-0.4, -0.2) is 10.9 Å². The minimum atomic E-state index is -0.126. The number of ketones is 1. The lowest BCUT2D eigenvalue weighted by Gasteiger charge is -2.03. The van der Waals surface area contributed by atoms with Crippen molar-refractivity contribution in [2.75, 3.05) is 0 Å². The Morgan fingerprint density at radius 3 is 2.24 bits per heavy atom. The van der Waals surface area contributed by atoms with Gasteiger partial charge in [0.05, 0.1) is 5.02 Å². The van der Waals surface area contributed by atoms with Crippen LogP contribution in [-0.2, 0) is 0 Å². The quantitative estimate of drug-likeness (QED) is 0.850. The fourth-order valence-corrected chi connectivity index (χ4v) is 1.86. The molecule has 1 N–H and O–H groups in total. The Kier molecular flexibility index (Phi) is 3.50. The molecule has 86 valence electrons. The Morgan fingerprint density at radius 1 is 1.06 bits per heavy atom. The number of halogens is 2. The van der Waals surface area contributed by atoms with Gasteiger partial charge in [-0.1, -0.05) is 27.5 Å². The summed E-state index contributed by atoms with van der Waals surface area (Å²) in [4.78, 5) is 12.1. The third-order valence-electron chi connectivity index (χ3n) is 2.32. The first-order valence-electron chi connectivity index (χ1n) is 4.87. The van der Waals surface area contributed by atoms with Crippen LogP contribution in [0.4, 0.5) is 0 Å². The maximum atomic E-state index is 12.1. The second-order valence-corrected chi connectivity index (χ2v) is 4.83. The SMILES string of the molecule is O=C(c1ccc(Br)cc1)c1ccc(O)c(Cl)c1. The van der Waals surface area contributed by atoms with Crippen LogP contribution in [0.3, 0.4) is 0 Å². The van der Waals surface area contributed by atoms with Crippen molar-refractivity contribution in [3.05, 3.63) is 63.1 Å². The van der Waals surface area contributed by atoms with Crippen LogP contribution < -0.4 is 0 Å². The van der Waals surface area contributed by atoms with E-state index in [1.54, 1.807) is 30.3 Å².